The summed E-state index contributed by atoms with van der Waals surface area (Å²) in [5.74, 6) is 0. The largest absolute Gasteiger partial charge is 0.323 e. The molecule has 0 aromatic carbocycles. The van der Waals surface area contributed by atoms with Gasteiger partial charge in [-0.1, -0.05) is 17.4 Å². The second-order valence-electron chi connectivity index (χ2n) is 3.12. The normalized spacial score (nSPS) is 21.6. The zero-order chi connectivity index (χ0) is 12.2. The summed E-state index contributed by atoms with van der Waals surface area (Å²) >= 11 is 0. The van der Waals surface area contributed by atoms with Gasteiger partial charge in [-0.15, -0.1) is 4.33 Å². The lowest BCUT2D eigenvalue weighted by atomic mass is 10.3. The Balaban J connectivity index is 2.74. The molecule has 2 atom stereocenters. The Labute approximate surface area is 96.7 Å². The molecule has 0 spiro atoms. The van der Waals surface area contributed by atoms with Crippen molar-refractivity contribution < 1.29 is 22.4 Å². The van der Waals surface area contributed by atoms with Gasteiger partial charge in [0, 0.05) is 5.41 Å². The van der Waals surface area contributed by atoms with Crippen LogP contribution in [-0.2, 0) is 24.1 Å². The Hall–Kier alpha value is -0.720. The Morgan fingerprint density at radius 3 is 2.75 bits per heavy atom. The van der Waals surface area contributed by atoms with Crippen molar-refractivity contribution >= 4 is 25.8 Å². The first-order chi connectivity index (χ1) is 7.49. The lowest BCUT2D eigenvalue weighted by Crippen LogP contribution is -2.13. The summed E-state index contributed by atoms with van der Waals surface area (Å²) in [5, 5.41) is 4.43. The van der Waals surface area contributed by atoms with Gasteiger partial charge in [-0.2, -0.15) is 8.42 Å². The SMILES string of the molecule is CCC(C)OOS(=O)(=O)C1=CS(=C=O)C=C1. The second kappa shape index (κ2) is 5.56. The molecule has 2 unspecified atom stereocenters. The summed E-state index contributed by atoms with van der Waals surface area (Å²) < 4.78 is 27.4. The Bertz CT molecular complexity index is 468. The Kier molecular flexibility index (Phi) is 4.64. The molecular weight excluding hydrogens is 252 g/mol. The van der Waals surface area contributed by atoms with Crippen LogP contribution in [0.15, 0.2) is 21.8 Å². The first-order valence-electron chi connectivity index (χ1n) is 4.59. The van der Waals surface area contributed by atoms with Crippen LogP contribution in [-0.4, -0.2) is 19.8 Å². The van der Waals surface area contributed by atoms with Crippen molar-refractivity contribution in [1.82, 2.24) is 0 Å². The molecule has 0 amide bonds. The number of allylic oxidation sites excluding steroid dienone is 1. The fraction of sp³-hybridized carbons (Fsp3) is 0.444. The van der Waals surface area contributed by atoms with Crippen LogP contribution in [0.5, 0.6) is 0 Å². The molecule has 0 bridgehead atoms. The van der Waals surface area contributed by atoms with E-state index in [0.29, 0.717) is 6.42 Å². The molecule has 0 aromatic heterocycles. The van der Waals surface area contributed by atoms with Gasteiger partial charge in [-0.05, 0) is 24.8 Å². The maximum Gasteiger partial charge on any atom is 0.323 e. The van der Waals surface area contributed by atoms with Crippen LogP contribution in [0.1, 0.15) is 20.3 Å². The third-order valence-corrected chi connectivity index (χ3v) is 4.24. The minimum Gasteiger partial charge on any atom is -0.226 e. The van der Waals surface area contributed by atoms with Crippen molar-refractivity contribution in [3.05, 3.63) is 21.8 Å². The molecule has 0 radical (unpaired) electrons. The van der Waals surface area contributed by atoms with Crippen molar-refractivity contribution in [2.45, 2.75) is 26.4 Å². The molecule has 90 valence electrons. The molecule has 0 aliphatic carbocycles. The van der Waals surface area contributed by atoms with Gasteiger partial charge >= 0.3 is 10.1 Å². The molecule has 7 heteroatoms. The highest BCUT2D eigenvalue weighted by Crippen LogP contribution is 2.29. The summed E-state index contributed by atoms with van der Waals surface area (Å²) in [6, 6.07) is 0. The smallest absolute Gasteiger partial charge is 0.226 e. The fourth-order valence-corrected chi connectivity index (χ4v) is 2.99. The first kappa shape index (κ1) is 13.3. The average molecular weight is 264 g/mol. The van der Waals surface area contributed by atoms with Crippen LogP contribution in [0, 0.1) is 0 Å². The monoisotopic (exact) mass is 264 g/mol. The molecular formula is C9H12O5S2. The lowest BCUT2D eigenvalue weighted by molar-refractivity contribution is -0.234. The van der Waals surface area contributed by atoms with Gasteiger partial charge in [-0.3, -0.25) is 0 Å². The molecule has 0 aromatic rings. The predicted molar refractivity (Wildman–Crippen MR) is 61.4 cm³/mol. The number of hydrogen-bond donors (Lipinski definition) is 0. The minimum absolute atomic E-state index is 0.0671. The maximum absolute atomic E-state index is 11.5. The van der Waals surface area contributed by atoms with E-state index in [-0.39, 0.29) is 11.0 Å². The van der Waals surface area contributed by atoms with Crippen LogP contribution >= 0.6 is 10.5 Å². The van der Waals surface area contributed by atoms with Crippen LogP contribution in [0.4, 0.5) is 0 Å². The highest BCUT2D eigenvalue weighted by Gasteiger charge is 2.21. The second-order valence-corrected chi connectivity index (χ2v) is 6.05. The van der Waals surface area contributed by atoms with E-state index in [2.05, 4.69) is 9.22 Å². The van der Waals surface area contributed by atoms with Gasteiger partial charge in [0.25, 0.3) is 0 Å². The molecule has 1 heterocycles. The fourth-order valence-electron chi connectivity index (χ4n) is 0.764. The van der Waals surface area contributed by atoms with Gasteiger partial charge in [0.05, 0.1) is 6.10 Å². The van der Waals surface area contributed by atoms with Crippen LogP contribution < -0.4 is 0 Å². The summed E-state index contributed by atoms with van der Waals surface area (Å²) in [4.78, 5) is 14.9. The zero-order valence-corrected chi connectivity index (χ0v) is 10.5. The third kappa shape index (κ3) is 3.40. The summed E-state index contributed by atoms with van der Waals surface area (Å²) in [5.41, 5.74) is 0. The molecule has 1 aliphatic rings. The van der Waals surface area contributed by atoms with Gasteiger partial charge in [0.1, 0.15) is 4.91 Å². The van der Waals surface area contributed by atoms with Crippen LogP contribution in [0.3, 0.4) is 0 Å². The number of hydrogen-bond acceptors (Lipinski definition) is 5. The maximum atomic E-state index is 11.5. The highest BCUT2D eigenvalue weighted by atomic mass is 32.2. The van der Waals surface area contributed by atoms with E-state index >= 15 is 0 Å². The standard InChI is InChI=1S/C9H12O5S2/c1-3-8(2)13-14-16(11,12)9-4-5-15(6-9)7-10/h4-6,8H,3H2,1-2H3. The van der Waals surface area contributed by atoms with Gasteiger partial charge in [-0.25, -0.2) is 9.68 Å². The molecule has 0 N–H and O–H groups in total. The van der Waals surface area contributed by atoms with E-state index in [1.54, 1.807) is 12.2 Å². The van der Waals surface area contributed by atoms with E-state index in [0.717, 1.165) is 0 Å². The summed E-state index contributed by atoms with van der Waals surface area (Å²) in [7, 11) is -4.82. The highest BCUT2D eigenvalue weighted by molar-refractivity contribution is 8.20. The lowest BCUT2D eigenvalue weighted by Gasteiger charge is -2.08. The molecule has 0 saturated carbocycles. The quantitative estimate of drug-likeness (QED) is 0.430. The van der Waals surface area contributed by atoms with Gasteiger partial charge in [0.2, 0.25) is 0 Å². The van der Waals surface area contributed by atoms with Crippen LogP contribution in [0.2, 0.25) is 0 Å². The Morgan fingerprint density at radius 2 is 2.25 bits per heavy atom. The van der Waals surface area contributed by atoms with Crippen molar-refractivity contribution in [2.24, 2.45) is 0 Å². The predicted octanol–water partition coefficient (Wildman–Crippen LogP) is 1.77. The average Bonchev–Trinajstić information content (AvgIpc) is 2.75. The van der Waals surface area contributed by atoms with Crippen LogP contribution in [0.25, 0.3) is 0 Å². The van der Waals surface area contributed by atoms with E-state index in [9.17, 15) is 13.2 Å². The van der Waals surface area contributed by atoms with Gasteiger partial charge in [0.15, 0.2) is 5.23 Å². The molecule has 0 saturated heterocycles. The van der Waals surface area contributed by atoms with E-state index < -0.39 is 20.6 Å². The first-order valence-corrected chi connectivity index (χ1v) is 7.35. The van der Waals surface area contributed by atoms with E-state index in [1.165, 1.54) is 16.9 Å². The minimum atomic E-state index is -3.93. The van der Waals surface area contributed by atoms with Crippen molar-refractivity contribution in [2.75, 3.05) is 0 Å². The molecule has 16 heavy (non-hydrogen) atoms. The third-order valence-electron chi connectivity index (χ3n) is 1.87. The summed E-state index contributed by atoms with van der Waals surface area (Å²) in [6.45, 7) is 3.53. The van der Waals surface area contributed by atoms with Crippen molar-refractivity contribution in [3.8, 4) is 0 Å². The van der Waals surface area contributed by atoms with Crippen molar-refractivity contribution in [3.63, 3.8) is 0 Å². The molecule has 1 rings (SSSR count). The van der Waals surface area contributed by atoms with E-state index in [1.807, 2.05) is 6.92 Å². The van der Waals surface area contributed by atoms with E-state index in [4.69, 9.17) is 0 Å². The number of carbonyl (C=O) groups excluding carboxylic acids is 1. The molecule has 1 aliphatic heterocycles. The van der Waals surface area contributed by atoms with Gasteiger partial charge < -0.3 is 0 Å². The molecule has 5 nitrogen and oxygen atoms in total. The number of rotatable bonds is 5. The zero-order valence-electron chi connectivity index (χ0n) is 8.87. The molecule has 0 fully saturated rings. The van der Waals surface area contributed by atoms with Crippen molar-refractivity contribution in [1.29, 1.82) is 0 Å². The summed E-state index contributed by atoms with van der Waals surface area (Å²) in [6.07, 6.45) is 1.64. The topological polar surface area (TPSA) is 69.7 Å². The Morgan fingerprint density at radius 1 is 1.56 bits per heavy atom.